The van der Waals surface area contributed by atoms with E-state index in [1.807, 2.05) is 0 Å². The number of nitrogens with zero attached hydrogens (tertiary/aromatic N) is 2. The van der Waals surface area contributed by atoms with E-state index >= 15 is 0 Å². The van der Waals surface area contributed by atoms with Crippen molar-refractivity contribution in [1.29, 1.82) is 0 Å². The van der Waals surface area contributed by atoms with Gasteiger partial charge in [0.2, 0.25) is 0 Å². The second-order valence-corrected chi connectivity index (χ2v) is 16.5. The van der Waals surface area contributed by atoms with Gasteiger partial charge < -0.3 is 9.73 Å². The van der Waals surface area contributed by atoms with Gasteiger partial charge in [-0.15, -0.1) is 0 Å². The molecule has 0 amide bonds. The van der Waals surface area contributed by atoms with Crippen molar-refractivity contribution in [2.45, 2.75) is 6.17 Å². The predicted octanol–water partition coefficient (Wildman–Crippen LogP) is 15.2. The van der Waals surface area contributed by atoms with Crippen LogP contribution < -0.4 is 5.32 Å². The van der Waals surface area contributed by atoms with Crippen molar-refractivity contribution >= 4 is 87.5 Å². The fourth-order valence-corrected chi connectivity index (χ4v) is 9.95. The number of aliphatic imine (C=N–C) groups is 2. The highest BCUT2D eigenvalue weighted by atomic mass is 16.3. The number of amidine groups is 2. The lowest BCUT2D eigenvalue weighted by Gasteiger charge is -2.26. The maximum atomic E-state index is 6.57. The summed E-state index contributed by atoms with van der Waals surface area (Å²) in [4.78, 5) is 10.8. The molecule has 1 atom stereocenters. The molecule has 294 valence electrons. The normalized spacial score (nSPS) is 14.2. The van der Waals surface area contributed by atoms with E-state index in [1.165, 1.54) is 37.9 Å². The Balaban J connectivity index is 0.988. The molecule has 1 aromatic heterocycles. The molecular formula is C59H37N3O. The largest absolute Gasteiger partial charge is 0.456 e. The molecule has 1 aliphatic heterocycles. The molecule has 0 saturated heterocycles. The second-order valence-electron chi connectivity index (χ2n) is 16.5. The molecule has 4 nitrogen and oxygen atoms in total. The first-order valence-electron chi connectivity index (χ1n) is 21.5. The summed E-state index contributed by atoms with van der Waals surface area (Å²) in [5.74, 6) is 1.49. The smallest absolute Gasteiger partial charge is 0.159 e. The zero-order valence-electron chi connectivity index (χ0n) is 34.1. The molecule has 1 N–H and O–H groups in total. The van der Waals surface area contributed by atoms with Gasteiger partial charge in [-0.3, -0.25) is 0 Å². The number of furan rings is 1. The molecular weight excluding hydrogens is 767 g/mol. The van der Waals surface area contributed by atoms with Crippen molar-refractivity contribution in [2.24, 2.45) is 9.98 Å². The molecule has 63 heavy (non-hydrogen) atoms. The lowest BCUT2D eigenvalue weighted by Crippen LogP contribution is -2.34. The molecule has 0 radical (unpaired) electrons. The van der Waals surface area contributed by atoms with Crippen molar-refractivity contribution in [1.82, 2.24) is 5.32 Å². The molecule has 13 rings (SSSR count). The van der Waals surface area contributed by atoms with Crippen LogP contribution in [0.3, 0.4) is 0 Å². The molecule has 1 aliphatic rings. The van der Waals surface area contributed by atoms with E-state index in [9.17, 15) is 0 Å². The number of hydrogen-bond donors (Lipinski definition) is 1. The number of hydrogen-bond acceptors (Lipinski definition) is 4. The average molecular weight is 804 g/mol. The summed E-state index contributed by atoms with van der Waals surface area (Å²) in [6, 6.07) is 75.9. The van der Waals surface area contributed by atoms with Gasteiger partial charge in [0.05, 0.1) is 0 Å². The Morgan fingerprint density at radius 1 is 0.365 bits per heavy atom. The third kappa shape index (κ3) is 5.76. The predicted molar refractivity (Wildman–Crippen MR) is 264 cm³/mol. The fraction of sp³-hybridized carbons (Fsp3) is 0.0169. The quantitative estimate of drug-likeness (QED) is 0.176. The second kappa shape index (κ2) is 14.1. The Kier molecular flexibility index (Phi) is 7.94. The molecule has 12 aromatic rings. The summed E-state index contributed by atoms with van der Waals surface area (Å²) < 4.78 is 6.57. The van der Waals surface area contributed by atoms with E-state index in [4.69, 9.17) is 14.4 Å². The van der Waals surface area contributed by atoms with Gasteiger partial charge in [0, 0.05) is 27.5 Å². The lowest BCUT2D eigenvalue weighted by molar-refractivity contribution is 0.669. The number of fused-ring (bicyclic) bond motifs is 9. The summed E-state index contributed by atoms with van der Waals surface area (Å²) in [7, 11) is 0. The summed E-state index contributed by atoms with van der Waals surface area (Å²) in [5, 5.41) is 17.9. The summed E-state index contributed by atoms with van der Waals surface area (Å²) in [6.07, 6.45) is -0.419. The number of rotatable bonds is 5. The van der Waals surface area contributed by atoms with Crippen LogP contribution in [0, 0.1) is 0 Å². The zero-order valence-corrected chi connectivity index (χ0v) is 34.1. The minimum absolute atomic E-state index is 0.419. The number of benzene rings is 11. The third-order valence-electron chi connectivity index (χ3n) is 12.9. The topological polar surface area (TPSA) is 49.9 Å². The van der Waals surface area contributed by atoms with Crippen molar-refractivity contribution in [2.75, 3.05) is 0 Å². The highest BCUT2D eigenvalue weighted by Gasteiger charge is 2.26. The van der Waals surface area contributed by atoms with Crippen LogP contribution in [-0.4, -0.2) is 11.7 Å². The molecule has 0 bridgehead atoms. The van der Waals surface area contributed by atoms with Gasteiger partial charge >= 0.3 is 0 Å². The Labute approximate surface area is 363 Å². The van der Waals surface area contributed by atoms with Gasteiger partial charge in [0.15, 0.2) is 5.84 Å². The van der Waals surface area contributed by atoms with Gasteiger partial charge in [-0.25, -0.2) is 9.98 Å². The lowest BCUT2D eigenvalue weighted by atomic mass is 9.91. The minimum atomic E-state index is -0.419. The van der Waals surface area contributed by atoms with Gasteiger partial charge in [-0.1, -0.05) is 182 Å². The maximum absolute atomic E-state index is 6.57. The first kappa shape index (κ1) is 35.4. The van der Waals surface area contributed by atoms with E-state index < -0.39 is 6.17 Å². The molecule has 0 saturated carbocycles. The van der Waals surface area contributed by atoms with E-state index in [0.29, 0.717) is 5.84 Å². The van der Waals surface area contributed by atoms with Crippen LogP contribution in [0.4, 0.5) is 0 Å². The van der Waals surface area contributed by atoms with Crippen LogP contribution in [0.1, 0.15) is 22.9 Å². The van der Waals surface area contributed by atoms with Crippen LogP contribution >= 0.6 is 0 Å². The van der Waals surface area contributed by atoms with Gasteiger partial charge in [-0.05, 0) is 106 Å². The van der Waals surface area contributed by atoms with Crippen LogP contribution in [0.25, 0.3) is 98.1 Å². The Hall–Kier alpha value is -8.34. The Morgan fingerprint density at radius 3 is 1.87 bits per heavy atom. The molecule has 2 heterocycles. The van der Waals surface area contributed by atoms with Crippen LogP contribution in [-0.2, 0) is 0 Å². The van der Waals surface area contributed by atoms with Crippen molar-refractivity contribution < 1.29 is 4.42 Å². The SMILES string of the molecule is c1ccc2cc(C3=NC(c4ccc(-c5cccc6oc7ccc(-c8cccc9ccccc89)cc7c56)c5ccccc45)NC(c4cc5ccccc5c5ccccc45)=N3)ccc2c1. The molecule has 4 heteroatoms. The molecule has 0 aliphatic carbocycles. The van der Waals surface area contributed by atoms with Crippen molar-refractivity contribution in [3.63, 3.8) is 0 Å². The van der Waals surface area contributed by atoms with Crippen LogP contribution in [0.5, 0.6) is 0 Å². The van der Waals surface area contributed by atoms with E-state index in [1.54, 1.807) is 0 Å². The zero-order chi connectivity index (χ0) is 41.4. The molecule has 0 fully saturated rings. The number of nitrogens with one attached hydrogen (secondary N) is 1. The van der Waals surface area contributed by atoms with Crippen LogP contribution in [0.15, 0.2) is 227 Å². The fourth-order valence-electron chi connectivity index (χ4n) is 9.95. The van der Waals surface area contributed by atoms with Gasteiger partial charge in [0.25, 0.3) is 0 Å². The van der Waals surface area contributed by atoms with Crippen LogP contribution in [0.2, 0.25) is 0 Å². The Morgan fingerprint density at radius 2 is 1.02 bits per heavy atom. The summed E-state index contributed by atoms with van der Waals surface area (Å²) in [6.45, 7) is 0. The highest BCUT2D eigenvalue weighted by Crippen LogP contribution is 2.43. The summed E-state index contributed by atoms with van der Waals surface area (Å²) in [5.41, 5.74) is 9.48. The van der Waals surface area contributed by atoms with Gasteiger partial charge in [-0.2, -0.15) is 0 Å². The molecule has 1 unspecified atom stereocenters. The average Bonchev–Trinajstić information content (AvgIpc) is 3.74. The van der Waals surface area contributed by atoms with Gasteiger partial charge in [0.1, 0.15) is 23.2 Å². The first-order chi connectivity index (χ1) is 31.2. The Bertz CT molecular complexity index is 3910. The third-order valence-corrected chi connectivity index (χ3v) is 12.9. The monoisotopic (exact) mass is 803 g/mol. The minimum Gasteiger partial charge on any atom is -0.456 e. The van der Waals surface area contributed by atoms with Crippen molar-refractivity contribution in [3.8, 4) is 22.3 Å². The highest BCUT2D eigenvalue weighted by molar-refractivity contribution is 6.23. The van der Waals surface area contributed by atoms with E-state index in [0.717, 1.165) is 82.7 Å². The standard InChI is InChI=1S/C59H37N3O/c1-2-15-38-33-41(28-27-36(38)13-1)57-60-58(62-59(61-57)52-34-39-16-4-6-19-44(39)45-20-7-10-23-48(45)52)51-31-30-49(46-21-8-9-22-47(46)51)50-25-12-26-55-56(50)53-35-40(29-32-54(53)63-55)43-24-11-17-37-14-3-5-18-42(37)43/h1-35,58H,(H,60,61,62). The van der Waals surface area contributed by atoms with E-state index in [2.05, 4.69) is 218 Å². The van der Waals surface area contributed by atoms with E-state index in [-0.39, 0.29) is 0 Å². The molecule has 0 spiro atoms. The molecule has 11 aromatic carbocycles. The maximum Gasteiger partial charge on any atom is 0.159 e. The summed E-state index contributed by atoms with van der Waals surface area (Å²) >= 11 is 0. The van der Waals surface area contributed by atoms with Crippen molar-refractivity contribution in [3.05, 3.63) is 229 Å². The first-order valence-corrected chi connectivity index (χ1v) is 21.5.